The highest BCUT2D eigenvalue weighted by Crippen LogP contribution is 2.23. The van der Waals surface area contributed by atoms with Crippen LogP contribution in [0.2, 0.25) is 5.02 Å². The van der Waals surface area contributed by atoms with Crippen molar-refractivity contribution < 1.29 is 19.1 Å². The number of hydrogen-bond donors (Lipinski definition) is 1. The maximum Gasteiger partial charge on any atom is 0.339 e. The molecule has 0 saturated heterocycles. The molecule has 0 fully saturated rings. The second-order valence-electron chi connectivity index (χ2n) is 5.41. The van der Waals surface area contributed by atoms with Gasteiger partial charge in [-0.25, -0.2) is 4.79 Å². The Morgan fingerprint density at radius 2 is 1.96 bits per heavy atom. The fourth-order valence-corrected chi connectivity index (χ4v) is 3.07. The highest BCUT2D eigenvalue weighted by molar-refractivity contribution is 8.00. The third-order valence-electron chi connectivity index (χ3n) is 3.25. The standard InChI is InChI=1S/C19H15ClN2O4S/c1-12(23)11-27-17-5-3-2-4-15(17)19(25)26-10-18(24)22-16-8-14(20)7-6-13(16)9-21/h2-8H,10-11H2,1H3,(H,22,24). The molecule has 0 aliphatic rings. The van der Waals surface area contributed by atoms with Gasteiger partial charge in [0, 0.05) is 9.92 Å². The minimum Gasteiger partial charge on any atom is -0.452 e. The van der Waals surface area contributed by atoms with Crippen LogP contribution in [0, 0.1) is 11.3 Å². The number of nitrogens with one attached hydrogen (secondary N) is 1. The summed E-state index contributed by atoms with van der Waals surface area (Å²) in [6.07, 6.45) is 0. The zero-order valence-electron chi connectivity index (χ0n) is 14.3. The van der Waals surface area contributed by atoms with Crippen molar-refractivity contribution >= 4 is 46.7 Å². The largest absolute Gasteiger partial charge is 0.452 e. The third kappa shape index (κ3) is 6.13. The zero-order valence-corrected chi connectivity index (χ0v) is 15.9. The Hall–Kier alpha value is -2.82. The molecule has 0 atom stereocenters. The van der Waals surface area contributed by atoms with Gasteiger partial charge in [0.05, 0.1) is 22.6 Å². The molecule has 0 unspecified atom stereocenters. The van der Waals surface area contributed by atoms with Crippen LogP contribution < -0.4 is 5.32 Å². The van der Waals surface area contributed by atoms with E-state index < -0.39 is 18.5 Å². The molecule has 2 aromatic rings. The van der Waals surface area contributed by atoms with E-state index >= 15 is 0 Å². The first-order valence-electron chi connectivity index (χ1n) is 7.78. The number of ether oxygens (including phenoxy) is 1. The van der Waals surface area contributed by atoms with Crippen LogP contribution in [0.1, 0.15) is 22.8 Å². The topological polar surface area (TPSA) is 96.3 Å². The molecule has 0 aromatic heterocycles. The molecule has 138 valence electrons. The number of Topliss-reactive ketones (excluding diaryl/α,β-unsaturated/α-hetero) is 1. The lowest BCUT2D eigenvalue weighted by molar-refractivity contribution is -0.119. The molecule has 1 amide bonds. The van der Waals surface area contributed by atoms with Gasteiger partial charge in [-0.2, -0.15) is 5.26 Å². The van der Waals surface area contributed by atoms with E-state index in [1.807, 2.05) is 6.07 Å². The summed E-state index contributed by atoms with van der Waals surface area (Å²) in [7, 11) is 0. The van der Waals surface area contributed by atoms with E-state index in [-0.39, 0.29) is 28.4 Å². The quantitative estimate of drug-likeness (QED) is 0.560. The maximum atomic E-state index is 12.3. The summed E-state index contributed by atoms with van der Waals surface area (Å²) in [4.78, 5) is 36.0. The fraction of sp³-hybridized carbons (Fsp3) is 0.158. The summed E-state index contributed by atoms with van der Waals surface area (Å²) in [6, 6.07) is 13.1. The van der Waals surface area contributed by atoms with Crippen LogP contribution >= 0.6 is 23.4 Å². The lowest BCUT2D eigenvalue weighted by atomic mass is 10.2. The van der Waals surface area contributed by atoms with E-state index in [9.17, 15) is 14.4 Å². The van der Waals surface area contributed by atoms with Gasteiger partial charge in [-0.15, -0.1) is 11.8 Å². The van der Waals surface area contributed by atoms with Crippen molar-refractivity contribution in [3.8, 4) is 6.07 Å². The van der Waals surface area contributed by atoms with Crippen molar-refractivity contribution in [1.82, 2.24) is 0 Å². The van der Waals surface area contributed by atoms with E-state index in [0.717, 1.165) is 0 Å². The molecule has 1 N–H and O–H groups in total. The second-order valence-corrected chi connectivity index (χ2v) is 6.87. The average Bonchev–Trinajstić information content (AvgIpc) is 2.65. The lowest BCUT2D eigenvalue weighted by Crippen LogP contribution is -2.21. The molecule has 8 heteroatoms. The number of thioether (sulfide) groups is 1. The van der Waals surface area contributed by atoms with Gasteiger partial charge >= 0.3 is 5.97 Å². The van der Waals surface area contributed by atoms with E-state index in [1.54, 1.807) is 24.3 Å². The minimum atomic E-state index is -0.677. The predicted octanol–water partition coefficient (Wildman–Crippen LogP) is 3.69. The Balaban J connectivity index is 2.00. The molecule has 0 radical (unpaired) electrons. The molecular weight excluding hydrogens is 388 g/mol. The summed E-state index contributed by atoms with van der Waals surface area (Å²) in [5.41, 5.74) is 0.755. The maximum absolute atomic E-state index is 12.3. The first kappa shape index (κ1) is 20.5. The molecule has 2 rings (SSSR count). The number of nitriles is 1. The van der Waals surface area contributed by atoms with Crippen molar-refractivity contribution in [2.24, 2.45) is 0 Å². The van der Waals surface area contributed by atoms with Crippen LogP contribution in [0.25, 0.3) is 0 Å². The summed E-state index contributed by atoms with van der Waals surface area (Å²) in [5.74, 6) is -1.06. The number of nitrogens with zero attached hydrogens (tertiary/aromatic N) is 1. The molecule has 0 spiro atoms. The highest BCUT2D eigenvalue weighted by atomic mass is 35.5. The van der Waals surface area contributed by atoms with Crippen LogP contribution in [0.4, 0.5) is 5.69 Å². The summed E-state index contributed by atoms with van der Waals surface area (Å²) in [6.45, 7) is 0.936. The zero-order chi connectivity index (χ0) is 19.8. The lowest BCUT2D eigenvalue weighted by Gasteiger charge is -2.10. The van der Waals surface area contributed by atoms with Crippen molar-refractivity contribution in [2.45, 2.75) is 11.8 Å². The Kier molecular flexibility index (Phi) is 7.41. The third-order valence-corrected chi connectivity index (χ3v) is 4.70. The summed E-state index contributed by atoms with van der Waals surface area (Å²) < 4.78 is 5.05. The van der Waals surface area contributed by atoms with Gasteiger partial charge < -0.3 is 10.1 Å². The number of anilines is 1. The van der Waals surface area contributed by atoms with Crippen molar-refractivity contribution in [3.63, 3.8) is 0 Å². The molecular formula is C19H15ClN2O4S. The van der Waals surface area contributed by atoms with Crippen LogP contribution in [0.5, 0.6) is 0 Å². The number of halogens is 1. The van der Waals surface area contributed by atoms with Gasteiger partial charge in [-0.05, 0) is 37.3 Å². The first-order chi connectivity index (χ1) is 12.9. The number of carbonyl (C=O) groups excluding carboxylic acids is 3. The van der Waals surface area contributed by atoms with Gasteiger partial charge in [-0.3, -0.25) is 9.59 Å². The van der Waals surface area contributed by atoms with E-state index in [2.05, 4.69) is 5.32 Å². The van der Waals surface area contributed by atoms with Crippen LogP contribution in [0.15, 0.2) is 47.4 Å². The van der Waals surface area contributed by atoms with Crippen LogP contribution in [0.3, 0.4) is 0 Å². The van der Waals surface area contributed by atoms with Gasteiger partial charge in [0.1, 0.15) is 11.9 Å². The number of esters is 1. The van der Waals surface area contributed by atoms with E-state index in [4.69, 9.17) is 21.6 Å². The Bertz CT molecular complexity index is 924. The van der Waals surface area contributed by atoms with Crippen molar-refractivity contribution in [2.75, 3.05) is 17.7 Å². The van der Waals surface area contributed by atoms with E-state index in [1.165, 1.54) is 36.9 Å². The Morgan fingerprint density at radius 3 is 2.67 bits per heavy atom. The molecule has 0 saturated carbocycles. The first-order valence-corrected chi connectivity index (χ1v) is 9.15. The van der Waals surface area contributed by atoms with Crippen LogP contribution in [-0.4, -0.2) is 30.0 Å². The fourth-order valence-electron chi connectivity index (χ4n) is 2.05. The number of carbonyl (C=O) groups is 3. The van der Waals surface area contributed by atoms with E-state index in [0.29, 0.717) is 9.92 Å². The smallest absolute Gasteiger partial charge is 0.339 e. The number of amides is 1. The van der Waals surface area contributed by atoms with Gasteiger partial charge in [0.15, 0.2) is 6.61 Å². The average molecular weight is 403 g/mol. The Morgan fingerprint density at radius 1 is 1.22 bits per heavy atom. The normalized spacial score (nSPS) is 9.96. The molecule has 0 bridgehead atoms. The minimum absolute atomic E-state index is 0.0163. The molecule has 0 heterocycles. The molecule has 2 aromatic carbocycles. The number of hydrogen-bond acceptors (Lipinski definition) is 6. The van der Waals surface area contributed by atoms with Gasteiger partial charge in [0.2, 0.25) is 0 Å². The Labute approximate surface area is 165 Å². The monoisotopic (exact) mass is 402 g/mol. The summed E-state index contributed by atoms with van der Waals surface area (Å²) >= 11 is 7.09. The van der Waals surface area contributed by atoms with Crippen molar-refractivity contribution in [1.29, 1.82) is 5.26 Å². The number of rotatable bonds is 7. The SMILES string of the molecule is CC(=O)CSc1ccccc1C(=O)OCC(=O)Nc1cc(Cl)ccc1C#N. The highest BCUT2D eigenvalue weighted by Gasteiger charge is 2.16. The predicted molar refractivity (Wildman–Crippen MR) is 103 cm³/mol. The van der Waals surface area contributed by atoms with Gasteiger partial charge in [-0.1, -0.05) is 23.7 Å². The van der Waals surface area contributed by atoms with Crippen molar-refractivity contribution in [3.05, 3.63) is 58.6 Å². The summed E-state index contributed by atoms with van der Waals surface area (Å²) in [5, 5.41) is 11.9. The molecule has 0 aliphatic carbocycles. The van der Waals surface area contributed by atoms with Crippen LogP contribution in [-0.2, 0) is 14.3 Å². The second kappa shape index (κ2) is 9.76. The molecule has 27 heavy (non-hydrogen) atoms. The molecule has 0 aliphatic heterocycles. The number of benzene rings is 2. The van der Waals surface area contributed by atoms with Gasteiger partial charge in [0.25, 0.3) is 5.91 Å². The molecule has 6 nitrogen and oxygen atoms in total. The number of ketones is 1.